The average molecular weight is 300 g/mol. The monoisotopic (exact) mass is 300 g/mol. The van der Waals surface area contributed by atoms with Gasteiger partial charge in [-0.15, -0.1) is 0 Å². The zero-order chi connectivity index (χ0) is 16.1. The van der Waals surface area contributed by atoms with Gasteiger partial charge in [-0.2, -0.15) is 5.10 Å². The number of benzene rings is 1. The fourth-order valence-electron chi connectivity index (χ4n) is 2.51. The number of nitrogens with one attached hydrogen (secondary N) is 2. The Kier molecular flexibility index (Phi) is 5.20. The fourth-order valence-corrected chi connectivity index (χ4v) is 2.51. The zero-order valence-corrected chi connectivity index (χ0v) is 13.7. The number of rotatable bonds is 5. The van der Waals surface area contributed by atoms with Crippen LogP contribution in [0.1, 0.15) is 35.2 Å². The van der Waals surface area contributed by atoms with Gasteiger partial charge in [0, 0.05) is 19.8 Å². The van der Waals surface area contributed by atoms with Crippen LogP contribution in [0, 0.1) is 13.8 Å². The maximum Gasteiger partial charge on any atom is 0.315 e. The van der Waals surface area contributed by atoms with Crippen LogP contribution >= 0.6 is 0 Å². The normalized spacial score (nSPS) is 12.0. The first kappa shape index (κ1) is 16.1. The van der Waals surface area contributed by atoms with E-state index in [2.05, 4.69) is 47.8 Å². The molecule has 0 saturated carbocycles. The van der Waals surface area contributed by atoms with Gasteiger partial charge >= 0.3 is 6.03 Å². The third-order valence-electron chi connectivity index (χ3n) is 3.55. The average Bonchev–Trinajstić information content (AvgIpc) is 2.83. The Bertz CT molecular complexity index is 628. The molecule has 22 heavy (non-hydrogen) atoms. The molecule has 0 saturated heterocycles. The standard InChI is InChI=1S/C17H24N4O/c1-12-7-13(2)9-16(8-12)14(3)20-17(22)18-6-5-15-10-19-21(4)11-15/h7-11,14H,5-6H2,1-4H3,(H2,18,20,22)/t14-/m0/s1. The van der Waals surface area contributed by atoms with Crippen LogP contribution in [-0.4, -0.2) is 22.4 Å². The van der Waals surface area contributed by atoms with E-state index in [1.54, 1.807) is 4.68 Å². The molecule has 0 radical (unpaired) electrons. The molecule has 0 unspecified atom stereocenters. The van der Waals surface area contributed by atoms with Crippen molar-refractivity contribution in [3.63, 3.8) is 0 Å². The van der Waals surface area contributed by atoms with E-state index < -0.39 is 0 Å². The number of carbonyl (C=O) groups is 1. The maximum absolute atomic E-state index is 11.9. The van der Waals surface area contributed by atoms with Crippen LogP contribution in [0.15, 0.2) is 30.6 Å². The van der Waals surface area contributed by atoms with Gasteiger partial charge in [-0.1, -0.05) is 29.3 Å². The highest BCUT2D eigenvalue weighted by molar-refractivity contribution is 5.74. The molecule has 0 aliphatic rings. The van der Waals surface area contributed by atoms with Gasteiger partial charge in [0.1, 0.15) is 0 Å². The Morgan fingerprint density at radius 3 is 2.55 bits per heavy atom. The molecule has 5 nitrogen and oxygen atoms in total. The predicted molar refractivity (Wildman–Crippen MR) is 87.8 cm³/mol. The summed E-state index contributed by atoms with van der Waals surface area (Å²) in [5.41, 5.74) is 4.66. The second kappa shape index (κ2) is 7.11. The topological polar surface area (TPSA) is 59.0 Å². The molecular formula is C17H24N4O. The van der Waals surface area contributed by atoms with Crippen LogP contribution in [0.3, 0.4) is 0 Å². The minimum absolute atomic E-state index is 0.0167. The molecular weight excluding hydrogens is 276 g/mol. The summed E-state index contributed by atoms with van der Waals surface area (Å²) in [6.07, 6.45) is 4.55. The molecule has 0 aliphatic carbocycles. The minimum atomic E-state index is -0.143. The summed E-state index contributed by atoms with van der Waals surface area (Å²) in [5.74, 6) is 0. The lowest BCUT2D eigenvalue weighted by Gasteiger charge is -2.16. The third-order valence-corrected chi connectivity index (χ3v) is 3.55. The van der Waals surface area contributed by atoms with Crippen LogP contribution in [0.2, 0.25) is 0 Å². The van der Waals surface area contributed by atoms with Gasteiger partial charge in [-0.3, -0.25) is 4.68 Å². The molecule has 1 aromatic heterocycles. The second-order valence-electron chi connectivity index (χ2n) is 5.82. The van der Waals surface area contributed by atoms with Crippen molar-refractivity contribution in [2.75, 3.05) is 6.54 Å². The van der Waals surface area contributed by atoms with E-state index in [0.29, 0.717) is 6.54 Å². The van der Waals surface area contributed by atoms with Gasteiger partial charge < -0.3 is 10.6 Å². The van der Waals surface area contributed by atoms with Crippen molar-refractivity contribution in [1.29, 1.82) is 0 Å². The zero-order valence-electron chi connectivity index (χ0n) is 13.7. The molecule has 0 aliphatic heterocycles. The Morgan fingerprint density at radius 2 is 1.95 bits per heavy atom. The highest BCUT2D eigenvalue weighted by Gasteiger charge is 2.10. The van der Waals surface area contributed by atoms with Crippen LogP contribution < -0.4 is 10.6 Å². The summed E-state index contributed by atoms with van der Waals surface area (Å²) in [4.78, 5) is 11.9. The lowest BCUT2D eigenvalue weighted by molar-refractivity contribution is 0.238. The molecule has 2 rings (SSSR count). The molecule has 2 amide bonds. The van der Waals surface area contributed by atoms with Crippen LogP contribution in [0.5, 0.6) is 0 Å². The first-order valence-corrected chi connectivity index (χ1v) is 7.54. The van der Waals surface area contributed by atoms with Gasteiger partial charge in [-0.25, -0.2) is 4.79 Å². The fraction of sp³-hybridized carbons (Fsp3) is 0.412. The SMILES string of the molecule is Cc1cc(C)cc([C@H](C)NC(=O)NCCc2cnn(C)c2)c1. The van der Waals surface area contributed by atoms with Crippen LogP contribution in [-0.2, 0) is 13.5 Å². The van der Waals surface area contributed by atoms with E-state index in [-0.39, 0.29) is 12.1 Å². The van der Waals surface area contributed by atoms with Gasteiger partial charge in [0.05, 0.1) is 12.2 Å². The first-order valence-electron chi connectivity index (χ1n) is 7.54. The molecule has 1 aromatic carbocycles. The van der Waals surface area contributed by atoms with E-state index in [9.17, 15) is 4.79 Å². The highest BCUT2D eigenvalue weighted by Crippen LogP contribution is 2.16. The summed E-state index contributed by atoms with van der Waals surface area (Å²) < 4.78 is 1.76. The Labute approximate surface area is 131 Å². The summed E-state index contributed by atoms with van der Waals surface area (Å²) >= 11 is 0. The Balaban J connectivity index is 1.80. The Morgan fingerprint density at radius 1 is 1.27 bits per heavy atom. The quantitative estimate of drug-likeness (QED) is 0.892. The molecule has 118 valence electrons. The van der Waals surface area contributed by atoms with Crippen molar-refractivity contribution >= 4 is 6.03 Å². The smallest absolute Gasteiger partial charge is 0.315 e. The number of carbonyl (C=O) groups excluding carboxylic acids is 1. The minimum Gasteiger partial charge on any atom is -0.338 e. The van der Waals surface area contributed by atoms with Gasteiger partial charge in [-0.05, 0) is 38.3 Å². The van der Waals surface area contributed by atoms with Gasteiger partial charge in [0.2, 0.25) is 0 Å². The highest BCUT2D eigenvalue weighted by atomic mass is 16.2. The van der Waals surface area contributed by atoms with Gasteiger partial charge in [0.15, 0.2) is 0 Å². The van der Waals surface area contributed by atoms with Crippen molar-refractivity contribution in [3.05, 3.63) is 52.8 Å². The Hall–Kier alpha value is -2.30. The van der Waals surface area contributed by atoms with E-state index >= 15 is 0 Å². The first-order chi connectivity index (χ1) is 10.4. The summed E-state index contributed by atoms with van der Waals surface area (Å²) in [6, 6.07) is 6.18. The van der Waals surface area contributed by atoms with Crippen LogP contribution in [0.4, 0.5) is 4.79 Å². The van der Waals surface area contributed by atoms with Crippen molar-refractivity contribution in [3.8, 4) is 0 Å². The molecule has 1 atom stereocenters. The molecule has 0 fully saturated rings. The summed E-state index contributed by atoms with van der Waals surface area (Å²) in [6.45, 7) is 6.72. The van der Waals surface area contributed by atoms with E-state index in [4.69, 9.17) is 0 Å². The second-order valence-corrected chi connectivity index (χ2v) is 5.82. The number of nitrogens with zero attached hydrogens (tertiary/aromatic N) is 2. The molecule has 0 spiro atoms. The van der Waals surface area contributed by atoms with Crippen molar-refractivity contribution < 1.29 is 4.79 Å². The van der Waals surface area contributed by atoms with Crippen molar-refractivity contribution in [1.82, 2.24) is 20.4 Å². The molecule has 0 bridgehead atoms. The largest absolute Gasteiger partial charge is 0.338 e. The predicted octanol–water partition coefficient (Wildman–Crippen LogP) is 2.64. The van der Waals surface area contributed by atoms with Crippen molar-refractivity contribution in [2.45, 2.75) is 33.2 Å². The number of amides is 2. The van der Waals surface area contributed by atoms with E-state index in [1.165, 1.54) is 11.1 Å². The summed E-state index contributed by atoms with van der Waals surface area (Å²) in [7, 11) is 1.88. The van der Waals surface area contributed by atoms with Crippen molar-refractivity contribution in [2.24, 2.45) is 7.05 Å². The molecule has 5 heteroatoms. The van der Waals surface area contributed by atoms with E-state index in [1.807, 2.05) is 26.4 Å². The van der Waals surface area contributed by atoms with Gasteiger partial charge in [0.25, 0.3) is 0 Å². The maximum atomic E-state index is 11.9. The number of urea groups is 1. The summed E-state index contributed by atoms with van der Waals surface area (Å²) in [5, 5.41) is 9.96. The number of hydrogen-bond acceptors (Lipinski definition) is 2. The lowest BCUT2D eigenvalue weighted by atomic mass is 10.0. The third kappa shape index (κ3) is 4.62. The number of aryl methyl sites for hydroxylation is 3. The number of hydrogen-bond donors (Lipinski definition) is 2. The lowest BCUT2D eigenvalue weighted by Crippen LogP contribution is -2.38. The van der Waals surface area contributed by atoms with Crippen LogP contribution in [0.25, 0.3) is 0 Å². The van der Waals surface area contributed by atoms with E-state index in [0.717, 1.165) is 17.5 Å². The number of aromatic nitrogens is 2. The molecule has 1 heterocycles. The molecule has 2 N–H and O–H groups in total. The molecule has 2 aromatic rings.